The number of fused-ring (bicyclic) bond motifs is 2. The highest BCUT2D eigenvalue weighted by molar-refractivity contribution is 5.89. The summed E-state index contributed by atoms with van der Waals surface area (Å²) in [4.78, 5) is 38.0. The summed E-state index contributed by atoms with van der Waals surface area (Å²) in [5, 5.41) is 19.1. The summed E-state index contributed by atoms with van der Waals surface area (Å²) >= 11 is 0. The second-order valence-corrected chi connectivity index (χ2v) is 12.8. The number of likely N-dealkylation sites (N-methyl/N-ethyl adjacent to an activating group) is 1. The number of anilines is 1. The summed E-state index contributed by atoms with van der Waals surface area (Å²) < 4.78 is 6.34. The number of allylic oxidation sites excluding steroid dienone is 1. The fourth-order valence-electron chi connectivity index (χ4n) is 7.22. The number of likely N-dealkylation sites (tertiary alicyclic amines) is 1. The molecular formula is C36H42N6O4. The van der Waals surface area contributed by atoms with Crippen molar-refractivity contribution >= 4 is 29.0 Å². The number of benzene rings is 2. The van der Waals surface area contributed by atoms with Crippen molar-refractivity contribution in [1.82, 2.24) is 19.8 Å². The van der Waals surface area contributed by atoms with Crippen LogP contribution in [0.5, 0.6) is 6.01 Å². The van der Waals surface area contributed by atoms with Gasteiger partial charge in [-0.3, -0.25) is 9.59 Å². The van der Waals surface area contributed by atoms with Crippen molar-refractivity contribution < 1.29 is 19.4 Å². The minimum atomic E-state index is -0.250. The van der Waals surface area contributed by atoms with E-state index in [1.807, 2.05) is 4.90 Å². The average Bonchev–Trinajstić information content (AvgIpc) is 3.80. The Morgan fingerprint density at radius 2 is 1.87 bits per heavy atom. The molecule has 0 radical (unpaired) electrons. The number of hydrogen-bond acceptors (Lipinski definition) is 8. The van der Waals surface area contributed by atoms with Gasteiger partial charge in [-0.05, 0) is 80.8 Å². The molecule has 3 heterocycles. The molecule has 46 heavy (non-hydrogen) atoms. The Morgan fingerprint density at radius 3 is 2.63 bits per heavy atom. The van der Waals surface area contributed by atoms with Crippen LogP contribution < -0.4 is 9.64 Å². The van der Waals surface area contributed by atoms with Crippen molar-refractivity contribution in [3.63, 3.8) is 0 Å². The number of rotatable bonds is 7. The van der Waals surface area contributed by atoms with E-state index in [2.05, 4.69) is 65.4 Å². The van der Waals surface area contributed by atoms with Crippen LogP contribution in [0.4, 0.5) is 5.82 Å². The van der Waals surface area contributed by atoms with Crippen LogP contribution in [0, 0.1) is 11.3 Å². The lowest BCUT2D eigenvalue weighted by Crippen LogP contribution is -2.55. The third-order valence-corrected chi connectivity index (χ3v) is 9.83. The second kappa shape index (κ2) is 14.3. The van der Waals surface area contributed by atoms with Crippen LogP contribution in [0.25, 0.3) is 10.8 Å². The Morgan fingerprint density at radius 1 is 1.07 bits per heavy atom. The number of carboxylic acid groups (broad SMARTS) is 1. The van der Waals surface area contributed by atoms with Crippen LogP contribution in [0.1, 0.15) is 61.3 Å². The van der Waals surface area contributed by atoms with E-state index in [0.717, 1.165) is 56.6 Å². The first kappa shape index (κ1) is 31.5. The molecule has 2 aliphatic carbocycles. The number of carbonyl (C=O) groups excluding carboxylic acids is 1. The standard InChI is InChI=1S/C35H40N6O2.CH2O2/c1-39-17-5-8-28(39)23-43-35-37-32-21-26(30-10-4-7-25-6-2-3-9-29(25)30)13-14-31(32)34(38-35)40-18-19-41(27(22-40)15-16-36)33(42)20-24-11-12-24;2-1-3/h2-4,6-7,9-10,20,26-28H,5,8,11-15,17-19,21-23H2,1H3;1H,(H,2,3)/t26-,27-,28-;/m0./s1. The van der Waals surface area contributed by atoms with Gasteiger partial charge in [0.2, 0.25) is 5.91 Å². The second-order valence-electron chi connectivity index (χ2n) is 12.8. The molecule has 1 saturated carbocycles. The van der Waals surface area contributed by atoms with Crippen LogP contribution >= 0.6 is 0 Å². The van der Waals surface area contributed by atoms with E-state index < -0.39 is 0 Å². The van der Waals surface area contributed by atoms with Crippen molar-refractivity contribution in [1.29, 1.82) is 5.26 Å². The van der Waals surface area contributed by atoms with Gasteiger partial charge in [-0.15, -0.1) is 0 Å². The fourth-order valence-corrected chi connectivity index (χ4v) is 7.22. The zero-order valence-corrected chi connectivity index (χ0v) is 26.5. The predicted octanol–water partition coefficient (Wildman–Crippen LogP) is 4.73. The van der Waals surface area contributed by atoms with Gasteiger partial charge >= 0.3 is 6.01 Å². The lowest BCUT2D eigenvalue weighted by Gasteiger charge is -2.42. The largest absolute Gasteiger partial charge is 0.483 e. The normalized spacial score (nSPS) is 22.3. The summed E-state index contributed by atoms with van der Waals surface area (Å²) in [5.74, 6) is 1.33. The van der Waals surface area contributed by atoms with E-state index in [1.54, 1.807) is 6.08 Å². The quantitative estimate of drug-likeness (QED) is 0.294. The molecule has 2 saturated heterocycles. The molecule has 7 rings (SSSR count). The van der Waals surface area contributed by atoms with Gasteiger partial charge in [-0.1, -0.05) is 48.0 Å². The molecule has 4 aliphatic rings. The smallest absolute Gasteiger partial charge is 0.318 e. The maximum Gasteiger partial charge on any atom is 0.318 e. The van der Waals surface area contributed by atoms with Gasteiger partial charge in [0.25, 0.3) is 6.47 Å². The average molecular weight is 623 g/mol. The van der Waals surface area contributed by atoms with E-state index >= 15 is 0 Å². The highest BCUT2D eigenvalue weighted by atomic mass is 16.5. The highest BCUT2D eigenvalue weighted by Gasteiger charge is 2.35. The maximum atomic E-state index is 13.0. The van der Waals surface area contributed by atoms with Crippen LogP contribution in [-0.2, 0) is 22.4 Å². The van der Waals surface area contributed by atoms with Gasteiger partial charge in [-0.25, -0.2) is 0 Å². The van der Waals surface area contributed by atoms with Gasteiger partial charge in [0.1, 0.15) is 12.4 Å². The van der Waals surface area contributed by atoms with E-state index in [1.165, 1.54) is 33.9 Å². The molecule has 2 aliphatic heterocycles. The first-order valence-electron chi connectivity index (χ1n) is 16.4. The van der Waals surface area contributed by atoms with Gasteiger partial charge in [0, 0.05) is 37.3 Å². The van der Waals surface area contributed by atoms with Crippen LogP contribution in [0.15, 0.2) is 54.1 Å². The Hall–Kier alpha value is -4.49. The lowest BCUT2D eigenvalue weighted by molar-refractivity contribution is -0.128. The molecule has 1 amide bonds. The molecule has 0 bridgehead atoms. The molecule has 0 spiro atoms. The van der Waals surface area contributed by atoms with Gasteiger partial charge in [0.05, 0.1) is 24.2 Å². The topological polar surface area (TPSA) is 123 Å². The third kappa shape index (κ3) is 7.00. The summed E-state index contributed by atoms with van der Waals surface area (Å²) in [6, 6.07) is 18.2. The molecule has 3 aromatic rings. The van der Waals surface area contributed by atoms with Gasteiger partial charge in [-0.2, -0.15) is 15.2 Å². The molecular weight excluding hydrogens is 580 g/mol. The number of piperazine rings is 1. The molecule has 3 fully saturated rings. The fraction of sp³-hybridized carbons (Fsp3) is 0.472. The number of nitriles is 1. The minimum absolute atomic E-state index is 0.0414. The molecule has 0 unspecified atom stereocenters. The summed E-state index contributed by atoms with van der Waals surface area (Å²) in [5.41, 5.74) is 4.85. The number of nitrogens with zero attached hydrogens (tertiary/aromatic N) is 6. The molecule has 240 valence electrons. The zero-order valence-electron chi connectivity index (χ0n) is 26.5. The number of hydrogen-bond donors (Lipinski definition) is 1. The van der Waals surface area contributed by atoms with E-state index in [4.69, 9.17) is 24.6 Å². The van der Waals surface area contributed by atoms with Crippen molar-refractivity contribution in [3.05, 3.63) is 70.9 Å². The Labute approximate surface area is 270 Å². The zero-order chi connectivity index (χ0) is 32.0. The van der Waals surface area contributed by atoms with Crippen LogP contribution in [0.3, 0.4) is 0 Å². The summed E-state index contributed by atoms with van der Waals surface area (Å²) in [6.07, 6.45) is 9.18. The molecule has 10 heteroatoms. The molecule has 2 aromatic carbocycles. The van der Waals surface area contributed by atoms with E-state index in [0.29, 0.717) is 50.6 Å². The number of amides is 1. The van der Waals surface area contributed by atoms with E-state index in [9.17, 15) is 10.1 Å². The minimum Gasteiger partial charge on any atom is -0.483 e. The Bertz CT molecular complexity index is 1640. The summed E-state index contributed by atoms with van der Waals surface area (Å²) in [7, 11) is 2.16. The monoisotopic (exact) mass is 622 g/mol. The first-order valence-corrected chi connectivity index (χ1v) is 16.4. The lowest BCUT2D eigenvalue weighted by atomic mass is 9.80. The maximum absolute atomic E-state index is 13.0. The Balaban J connectivity index is 0.00000119. The molecule has 1 aromatic heterocycles. The van der Waals surface area contributed by atoms with Crippen molar-refractivity contribution in [2.45, 2.75) is 69.4 Å². The van der Waals surface area contributed by atoms with Crippen LogP contribution in [0.2, 0.25) is 0 Å². The van der Waals surface area contributed by atoms with Gasteiger partial charge in [0.15, 0.2) is 0 Å². The van der Waals surface area contributed by atoms with Crippen molar-refractivity contribution in [2.24, 2.45) is 0 Å². The molecule has 10 nitrogen and oxygen atoms in total. The predicted molar refractivity (Wildman–Crippen MR) is 176 cm³/mol. The van der Waals surface area contributed by atoms with Crippen LogP contribution in [-0.4, -0.2) is 89.2 Å². The highest BCUT2D eigenvalue weighted by Crippen LogP contribution is 2.39. The van der Waals surface area contributed by atoms with Crippen molar-refractivity contribution in [3.8, 4) is 12.1 Å². The molecule has 1 N–H and O–H groups in total. The number of carbonyl (C=O) groups is 2. The summed E-state index contributed by atoms with van der Waals surface area (Å²) in [6.45, 7) is 3.27. The van der Waals surface area contributed by atoms with Gasteiger partial charge < -0.3 is 24.5 Å². The molecule has 3 atom stereocenters. The number of ether oxygens (including phenoxy) is 1. The third-order valence-electron chi connectivity index (χ3n) is 9.83. The van der Waals surface area contributed by atoms with E-state index in [-0.39, 0.29) is 18.4 Å². The number of aromatic nitrogens is 2. The first-order chi connectivity index (χ1) is 22.5. The SMILES string of the molecule is CN1CCC[C@H]1COc1nc2c(c(N3CCN(C(=O)C=C4CC4)[C@@H](CC#N)C3)n1)CC[C@H](c1cccc3ccccc13)C2.O=CO. The van der Waals surface area contributed by atoms with Crippen molar-refractivity contribution in [2.75, 3.05) is 44.7 Å². The Kier molecular flexibility index (Phi) is 9.79.